The molecule has 0 unspecified atom stereocenters. The highest BCUT2D eigenvalue weighted by molar-refractivity contribution is 7.10. The summed E-state index contributed by atoms with van der Waals surface area (Å²) in [5.74, 6) is -0.433. The molecular formula is C19H21N3O3S. The molecule has 1 fully saturated rings. The molecule has 6 nitrogen and oxygen atoms in total. The molecule has 3 amide bonds. The van der Waals surface area contributed by atoms with Crippen molar-refractivity contribution in [3.8, 4) is 0 Å². The molecule has 0 spiro atoms. The molecule has 0 radical (unpaired) electrons. The molecule has 1 aromatic heterocycles. The van der Waals surface area contributed by atoms with Crippen molar-refractivity contribution in [2.75, 3.05) is 18.0 Å². The first-order valence-corrected chi connectivity index (χ1v) is 9.41. The van der Waals surface area contributed by atoms with E-state index in [1.54, 1.807) is 40.5 Å². The number of benzene rings is 1. The Morgan fingerprint density at radius 2 is 1.92 bits per heavy atom. The van der Waals surface area contributed by atoms with Gasteiger partial charge in [0.2, 0.25) is 11.8 Å². The van der Waals surface area contributed by atoms with Crippen LogP contribution >= 0.6 is 11.3 Å². The molecule has 26 heavy (non-hydrogen) atoms. The van der Waals surface area contributed by atoms with Gasteiger partial charge in [-0.2, -0.15) is 0 Å². The van der Waals surface area contributed by atoms with Crippen LogP contribution in [0.15, 0.2) is 35.7 Å². The number of thiophene rings is 1. The van der Waals surface area contributed by atoms with Gasteiger partial charge >= 0.3 is 0 Å². The number of aryl methyl sites for hydroxylation is 1. The Kier molecular flexibility index (Phi) is 5.68. The first-order valence-electron chi connectivity index (χ1n) is 8.53. The molecule has 1 aromatic carbocycles. The van der Waals surface area contributed by atoms with Gasteiger partial charge in [-0.1, -0.05) is 0 Å². The summed E-state index contributed by atoms with van der Waals surface area (Å²) in [5.41, 5.74) is 2.41. The lowest BCUT2D eigenvalue weighted by Crippen LogP contribution is -2.36. The zero-order valence-electron chi connectivity index (χ0n) is 14.6. The van der Waals surface area contributed by atoms with Gasteiger partial charge in [-0.05, 0) is 54.6 Å². The monoisotopic (exact) mass is 371 g/mol. The van der Waals surface area contributed by atoms with Crippen molar-refractivity contribution >= 4 is 34.7 Å². The van der Waals surface area contributed by atoms with Crippen LogP contribution in [0, 0.1) is 6.92 Å². The maximum Gasteiger partial charge on any atom is 0.251 e. The molecule has 1 aliphatic heterocycles. The largest absolute Gasteiger partial charge is 0.350 e. The van der Waals surface area contributed by atoms with Crippen molar-refractivity contribution in [1.82, 2.24) is 10.6 Å². The Balaban J connectivity index is 1.47. The molecule has 3 rings (SSSR count). The third-order valence-corrected chi connectivity index (χ3v) is 5.36. The summed E-state index contributed by atoms with van der Waals surface area (Å²) in [6, 6.07) is 8.87. The average Bonchev–Trinajstić information content (AvgIpc) is 3.26. The number of nitrogens with zero attached hydrogens (tertiary/aromatic N) is 1. The molecule has 136 valence electrons. The van der Waals surface area contributed by atoms with Crippen molar-refractivity contribution in [2.24, 2.45) is 0 Å². The molecule has 2 heterocycles. The number of nitrogens with one attached hydrogen (secondary N) is 2. The van der Waals surface area contributed by atoms with Gasteiger partial charge in [-0.15, -0.1) is 11.3 Å². The summed E-state index contributed by atoms with van der Waals surface area (Å²) in [4.78, 5) is 38.6. The highest BCUT2D eigenvalue weighted by atomic mass is 32.1. The van der Waals surface area contributed by atoms with Crippen LogP contribution in [0.4, 0.5) is 5.69 Å². The zero-order chi connectivity index (χ0) is 18.5. The predicted molar refractivity (Wildman–Crippen MR) is 101 cm³/mol. The van der Waals surface area contributed by atoms with E-state index in [0.717, 1.165) is 22.5 Å². The van der Waals surface area contributed by atoms with Crippen LogP contribution in [0.3, 0.4) is 0 Å². The Morgan fingerprint density at radius 1 is 1.15 bits per heavy atom. The van der Waals surface area contributed by atoms with Gasteiger partial charge in [0.15, 0.2) is 0 Å². The van der Waals surface area contributed by atoms with Crippen LogP contribution in [0.2, 0.25) is 0 Å². The topological polar surface area (TPSA) is 78.5 Å². The van der Waals surface area contributed by atoms with Crippen molar-refractivity contribution in [1.29, 1.82) is 0 Å². The maximum absolute atomic E-state index is 12.2. The minimum Gasteiger partial charge on any atom is -0.350 e. The number of hydrogen-bond donors (Lipinski definition) is 2. The van der Waals surface area contributed by atoms with Gasteiger partial charge in [0.25, 0.3) is 5.91 Å². The maximum atomic E-state index is 12.2. The van der Waals surface area contributed by atoms with Crippen molar-refractivity contribution in [2.45, 2.75) is 26.3 Å². The van der Waals surface area contributed by atoms with Crippen LogP contribution in [-0.2, 0) is 16.1 Å². The second kappa shape index (κ2) is 8.14. The second-order valence-electron chi connectivity index (χ2n) is 6.18. The molecule has 0 aliphatic carbocycles. The first kappa shape index (κ1) is 18.1. The minimum absolute atomic E-state index is 0.0738. The molecule has 0 bridgehead atoms. The average molecular weight is 371 g/mol. The Morgan fingerprint density at radius 3 is 2.54 bits per heavy atom. The van der Waals surface area contributed by atoms with E-state index in [4.69, 9.17) is 0 Å². The Bertz CT molecular complexity index is 814. The molecule has 0 atom stereocenters. The molecule has 2 aromatic rings. The van der Waals surface area contributed by atoms with Crippen molar-refractivity contribution in [3.63, 3.8) is 0 Å². The van der Waals surface area contributed by atoms with E-state index < -0.39 is 0 Å². The molecule has 7 heteroatoms. The van der Waals surface area contributed by atoms with E-state index >= 15 is 0 Å². The van der Waals surface area contributed by atoms with Gasteiger partial charge in [0, 0.05) is 29.1 Å². The van der Waals surface area contributed by atoms with Crippen molar-refractivity contribution < 1.29 is 14.4 Å². The third kappa shape index (κ3) is 4.29. The van der Waals surface area contributed by atoms with E-state index in [1.165, 1.54) is 0 Å². The zero-order valence-corrected chi connectivity index (χ0v) is 15.4. The van der Waals surface area contributed by atoms with Gasteiger partial charge in [-0.3, -0.25) is 14.4 Å². The molecule has 2 N–H and O–H groups in total. The number of anilines is 1. The molecule has 1 aliphatic rings. The second-order valence-corrected chi connectivity index (χ2v) is 7.18. The number of hydrogen-bond acceptors (Lipinski definition) is 4. The molecule has 0 saturated carbocycles. The predicted octanol–water partition coefficient (Wildman–Crippen LogP) is 2.23. The summed E-state index contributed by atoms with van der Waals surface area (Å²) >= 11 is 1.59. The number of amides is 3. The Labute approximate surface area is 156 Å². The highest BCUT2D eigenvalue weighted by Gasteiger charge is 2.21. The normalized spacial score (nSPS) is 13.7. The van der Waals surface area contributed by atoms with E-state index in [-0.39, 0.29) is 24.3 Å². The minimum atomic E-state index is -0.313. The summed E-state index contributed by atoms with van der Waals surface area (Å²) < 4.78 is 0. The number of rotatable bonds is 6. The SMILES string of the molecule is Cc1ccsc1CNC(=O)CNC(=O)c1ccc(N2CCCC2=O)cc1. The lowest BCUT2D eigenvalue weighted by Gasteiger charge is -2.15. The van der Waals surface area contributed by atoms with Gasteiger partial charge in [0.1, 0.15) is 0 Å². The van der Waals surface area contributed by atoms with Crippen LogP contribution < -0.4 is 15.5 Å². The van der Waals surface area contributed by atoms with E-state index in [1.807, 2.05) is 18.4 Å². The third-order valence-electron chi connectivity index (χ3n) is 4.34. The fourth-order valence-corrected chi connectivity index (χ4v) is 3.65. The summed E-state index contributed by atoms with van der Waals surface area (Å²) in [6.07, 6.45) is 1.43. The van der Waals surface area contributed by atoms with Crippen LogP contribution in [0.25, 0.3) is 0 Å². The van der Waals surface area contributed by atoms with Gasteiger partial charge in [0.05, 0.1) is 13.1 Å². The van der Waals surface area contributed by atoms with E-state index in [0.29, 0.717) is 25.1 Å². The lowest BCUT2D eigenvalue weighted by atomic mass is 10.2. The van der Waals surface area contributed by atoms with Crippen LogP contribution in [0.5, 0.6) is 0 Å². The van der Waals surface area contributed by atoms with Gasteiger partial charge in [-0.25, -0.2) is 0 Å². The Hall–Kier alpha value is -2.67. The van der Waals surface area contributed by atoms with Crippen molar-refractivity contribution in [3.05, 3.63) is 51.7 Å². The smallest absolute Gasteiger partial charge is 0.251 e. The first-order chi connectivity index (χ1) is 12.5. The molecule has 1 saturated heterocycles. The standard InChI is InChI=1S/C19H21N3O3S/c1-13-8-10-26-16(13)11-20-17(23)12-21-19(25)14-4-6-15(7-5-14)22-9-2-3-18(22)24/h4-8,10H,2-3,9,11-12H2,1H3,(H,20,23)(H,21,25). The van der Waals surface area contributed by atoms with E-state index in [9.17, 15) is 14.4 Å². The summed E-state index contributed by atoms with van der Waals surface area (Å²) in [6.45, 7) is 3.11. The summed E-state index contributed by atoms with van der Waals surface area (Å²) in [5, 5.41) is 7.39. The number of carbonyl (C=O) groups is 3. The van der Waals surface area contributed by atoms with Crippen LogP contribution in [0.1, 0.15) is 33.6 Å². The fraction of sp³-hybridized carbons (Fsp3) is 0.316. The summed E-state index contributed by atoms with van der Waals surface area (Å²) in [7, 11) is 0. The quantitative estimate of drug-likeness (QED) is 0.817. The highest BCUT2D eigenvalue weighted by Crippen LogP contribution is 2.21. The lowest BCUT2D eigenvalue weighted by molar-refractivity contribution is -0.120. The fourth-order valence-electron chi connectivity index (χ4n) is 2.80. The molecular weight excluding hydrogens is 350 g/mol. The van der Waals surface area contributed by atoms with Gasteiger partial charge < -0.3 is 15.5 Å². The van der Waals surface area contributed by atoms with E-state index in [2.05, 4.69) is 10.6 Å². The van der Waals surface area contributed by atoms with Crippen LogP contribution in [-0.4, -0.2) is 30.8 Å². The number of carbonyl (C=O) groups excluding carboxylic acids is 3.